The van der Waals surface area contributed by atoms with Crippen LogP contribution in [0.3, 0.4) is 0 Å². The minimum Gasteiger partial charge on any atom is -0.591 e. The molecule has 15 heavy (non-hydrogen) atoms. The Morgan fingerprint density at radius 3 is 2.33 bits per heavy atom. The van der Waals surface area contributed by atoms with Gasteiger partial charge in [0.05, 0.1) is 6.21 Å². The molecule has 0 radical (unpaired) electrons. The van der Waals surface area contributed by atoms with Gasteiger partial charge < -0.3 is 9.45 Å². The minimum atomic E-state index is -1.08. The maximum absolute atomic E-state index is 11.7. The first-order chi connectivity index (χ1) is 6.89. The van der Waals surface area contributed by atoms with Gasteiger partial charge in [-0.1, -0.05) is 4.40 Å². The quantitative estimate of drug-likeness (QED) is 0.528. The van der Waals surface area contributed by atoms with Crippen molar-refractivity contribution < 1.29 is 4.55 Å². The molecule has 0 aromatic rings. The van der Waals surface area contributed by atoms with Crippen LogP contribution in [0.2, 0.25) is 0 Å². The zero-order chi connectivity index (χ0) is 11.2. The predicted molar refractivity (Wildman–Crippen MR) is 64.4 cm³/mol. The van der Waals surface area contributed by atoms with Gasteiger partial charge >= 0.3 is 0 Å². The molecule has 86 valence electrons. The highest BCUT2D eigenvalue weighted by molar-refractivity contribution is 7.91. The largest absolute Gasteiger partial charge is 0.591 e. The maximum atomic E-state index is 11.7. The molecule has 1 saturated carbocycles. The Bertz CT molecular complexity index is 262. The lowest BCUT2D eigenvalue weighted by atomic mass is 10.3. The second-order valence-corrected chi connectivity index (χ2v) is 7.68. The van der Waals surface area contributed by atoms with Crippen molar-refractivity contribution in [2.45, 2.75) is 25.5 Å². The average molecular weight is 228 g/mol. The van der Waals surface area contributed by atoms with E-state index >= 15 is 0 Å². The van der Waals surface area contributed by atoms with Crippen LogP contribution in [-0.4, -0.2) is 40.6 Å². The van der Waals surface area contributed by atoms with Crippen LogP contribution in [0.25, 0.3) is 0 Å². The van der Waals surface area contributed by atoms with E-state index in [1.165, 1.54) is 13.1 Å². The van der Waals surface area contributed by atoms with Crippen molar-refractivity contribution in [1.82, 2.24) is 4.90 Å². The van der Waals surface area contributed by atoms with Crippen LogP contribution < -0.4 is 0 Å². The summed E-state index contributed by atoms with van der Waals surface area (Å²) in [5.74, 6) is 2.18. The van der Waals surface area contributed by atoms with Crippen LogP contribution in [0.5, 0.6) is 0 Å². The smallest absolute Gasteiger partial charge is 0.144 e. The van der Waals surface area contributed by atoms with Crippen molar-refractivity contribution in [3.8, 4) is 0 Å². The zero-order valence-corrected chi connectivity index (χ0v) is 10.8. The highest BCUT2D eigenvalue weighted by Gasteiger charge is 2.54. The van der Waals surface area contributed by atoms with E-state index in [1.54, 1.807) is 0 Å². The van der Waals surface area contributed by atoms with Crippen LogP contribution in [0.1, 0.15) is 20.8 Å². The van der Waals surface area contributed by atoms with Gasteiger partial charge in [0.1, 0.15) is 16.1 Å². The van der Waals surface area contributed by atoms with Gasteiger partial charge in [-0.05, 0) is 39.7 Å². The van der Waals surface area contributed by atoms with E-state index in [2.05, 4.69) is 16.3 Å². The van der Waals surface area contributed by atoms with E-state index in [1.807, 2.05) is 27.0 Å². The molecule has 0 N–H and O–H groups in total. The Morgan fingerprint density at radius 1 is 1.33 bits per heavy atom. The van der Waals surface area contributed by atoms with Crippen LogP contribution in [-0.2, 0) is 11.4 Å². The summed E-state index contributed by atoms with van der Waals surface area (Å²) in [6.07, 6.45) is 1.95. The van der Waals surface area contributed by atoms with Crippen molar-refractivity contribution in [2.24, 2.45) is 22.2 Å². The predicted octanol–water partition coefficient (Wildman–Crippen LogP) is 1.33. The third-order valence-electron chi connectivity index (χ3n) is 3.30. The number of hydrogen-bond acceptors (Lipinski definition) is 3. The standard InChI is InChI=1S/C11H20N2OS/c1-11(2,3)15(14)12-5-8-9-6-13(4)7-10(8)9/h5,8-10H,6-7H2,1-4H3. The second-order valence-electron chi connectivity index (χ2n) is 5.74. The molecule has 3 atom stereocenters. The second kappa shape index (κ2) is 3.75. The normalized spacial score (nSPS) is 38.3. The topological polar surface area (TPSA) is 38.7 Å². The first kappa shape index (κ1) is 11.4. The summed E-state index contributed by atoms with van der Waals surface area (Å²) in [6.45, 7) is 8.25. The molecule has 2 aliphatic rings. The van der Waals surface area contributed by atoms with Crippen LogP contribution >= 0.6 is 0 Å². The molecule has 0 amide bonds. The number of rotatable bonds is 2. The van der Waals surface area contributed by atoms with Gasteiger partial charge in [-0.2, -0.15) is 0 Å². The van der Waals surface area contributed by atoms with E-state index in [9.17, 15) is 4.55 Å². The van der Waals surface area contributed by atoms with Gasteiger partial charge in [-0.25, -0.2) is 0 Å². The lowest BCUT2D eigenvalue weighted by molar-refractivity contribution is 0.362. The number of piperidine rings is 1. The first-order valence-corrected chi connectivity index (χ1v) is 6.65. The summed E-state index contributed by atoms with van der Waals surface area (Å²) in [6, 6.07) is 0. The zero-order valence-electron chi connectivity index (χ0n) is 9.93. The minimum absolute atomic E-state index is 0.225. The molecule has 4 heteroatoms. The van der Waals surface area contributed by atoms with Crippen LogP contribution in [0, 0.1) is 17.8 Å². The molecule has 2 fully saturated rings. The molecule has 2 rings (SSSR count). The summed E-state index contributed by atoms with van der Waals surface area (Å²) in [5, 5.41) is 0. The van der Waals surface area contributed by atoms with Crippen molar-refractivity contribution >= 4 is 17.6 Å². The Kier molecular flexibility index (Phi) is 2.86. The molecule has 0 spiro atoms. The Morgan fingerprint density at radius 2 is 1.87 bits per heavy atom. The van der Waals surface area contributed by atoms with Crippen LogP contribution in [0.15, 0.2) is 4.40 Å². The fourth-order valence-electron chi connectivity index (χ4n) is 2.29. The highest BCUT2D eigenvalue weighted by atomic mass is 32.2. The lowest BCUT2D eigenvalue weighted by Crippen LogP contribution is -2.26. The monoisotopic (exact) mass is 228 g/mol. The number of hydrogen-bond donors (Lipinski definition) is 0. The Hall–Kier alpha value is -0.0600. The van der Waals surface area contributed by atoms with E-state index in [0.29, 0.717) is 5.92 Å². The molecular formula is C11H20N2OS. The fraction of sp³-hybridized carbons (Fsp3) is 0.909. The first-order valence-electron chi connectivity index (χ1n) is 5.54. The summed E-state index contributed by atoms with van der Waals surface area (Å²) in [7, 11) is 2.16. The third kappa shape index (κ3) is 2.37. The summed E-state index contributed by atoms with van der Waals surface area (Å²) in [4.78, 5) is 2.36. The number of nitrogens with zero attached hydrogens (tertiary/aromatic N) is 2. The Labute approximate surface area is 95.3 Å². The molecule has 1 heterocycles. The molecule has 3 unspecified atom stereocenters. The van der Waals surface area contributed by atoms with Crippen molar-refractivity contribution in [2.75, 3.05) is 20.1 Å². The van der Waals surface area contributed by atoms with Crippen molar-refractivity contribution in [3.63, 3.8) is 0 Å². The van der Waals surface area contributed by atoms with E-state index in [-0.39, 0.29) is 4.75 Å². The molecule has 0 bridgehead atoms. The fourth-order valence-corrected chi connectivity index (χ4v) is 2.86. The van der Waals surface area contributed by atoms with Gasteiger partial charge in [0.15, 0.2) is 0 Å². The molecule has 0 aromatic heterocycles. The maximum Gasteiger partial charge on any atom is 0.144 e. The van der Waals surface area contributed by atoms with Gasteiger partial charge in [-0.15, -0.1) is 0 Å². The van der Waals surface area contributed by atoms with E-state index in [4.69, 9.17) is 0 Å². The van der Waals surface area contributed by atoms with Gasteiger partial charge in [0, 0.05) is 19.0 Å². The number of likely N-dealkylation sites (tertiary alicyclic amines) is 1. The van der Waals surface area contributed by atoms with Gasteiger partial charge in [0.2, 0.25) is 0 Å². The van der Waals surface area contributed by atoms with Gasteiger partial charge in [-0.3, -0.25) is 0 Å². The van der Waals surface area contributed by atoms with E-state index < -0.39 is 11.4 Å². The summed E-state index contributed by atoms with van der Waals surface area (Å²) < 4.78 is 15.7. The average Bonchev–Trinajstić information content (AvgIpc) is 2.54. The van der Waals surface area contributed by atoms with Gasteiger partial charge in [0.25, 0.3) is 0 Å². The Balaban J connectivity index is 1.83. The highest BCUT2D eigenvalue weighted by Crippen LogP contribution is 2.50. The van der Waals surface area contributed by atoms with E-state index in [0.717, 1.165) is 11.8 Å². The molecule has 1 saturated heterocycles. The molecule has 1 aliphatic heterocycles. The molecular weight excluding hydrogens is 208 g/mol. The van der Waals surface area contributed by atoms with Crippen LogP contribution in [0.4, 0.5) is 0 Å². The SMILES string of the molecule is CN1CC2C(C=N[S+]([O-])C(C)(C)C)C2C1. The molecule has 1 aliphatic carbocycles. The summed E-state index contributed by atoms with van der Waals surface area (Å²) in [5.41, 5.74) is 0. The van der Waals surface area contributed by atoms with Crippen molar-refractivity contribution in [3.05, 3.63) is 0 Å². The lowest BCUT2D eigenvalue weighted by Gasteiger charge is -2.18. The summed E-state index contributed by atoms with van der Waals surface area (Å²) >= 11 is -1.08. The third-order valence-corrected chi connectivity index (χ3v) is 4.66. The number of fused-ring (bicyclic) bond motifs is 1. The van der Waals surface area contributed by atoms with Crippen molar-refractivity contribution in [1.29, 1.82) is 0 Å². The molecule has 3 nitrogen and oxygen atoms in total. The molecule has 0 aromatic carbocycles.